The Labute approximate surface area is 108 Å². The molecule has 0 bridgehead atoms. The zero-order valence-electron chi connectivity index (χ0n) is 11.1. The van der Waals surface area contributed by atoms with Crippen LogP contribution >= 0.6 is 0 Å². The van der Waals surface area contributed by atoms with Gasteiger partial charge in [-0.3, -0.25) is 4.90 Å². The molecule has 3 N–H and O–H groups in total. The second-order valence-corrected chi connectivity index (χ2v) is 4.71. The number of aliphatic hydroxyl groups is 1. The second-order valence-electron chi connectivity index (χ2n) is 4.71. The third-order valence-electron chi connectivity index (χ3n) is 3.25. The summed E-state index contributed by atoms with van der Waals surface area (Å²) < 4.78 is 13.5. The molecule has 0 aromatic heterocycles. The van der Waals surface area contributed by atoms with Crippen LogP contribution in [-0.2, 0) is 6.54 Å². The molecule has 0 amide bonds. The molecule has 18 heavy (non-hydrogen) atoms. The van der Waals surface area contributed by atoms with E-state index in [1.165, 1.54) is 6.07 Å². The SMILES string of the molecule is CCCC(N)C(CO)N(C)Cc1ccccc1F. The molecule has 1 rings (SSSR count). The first kappa shape index (κ1) is 15.1. The summed E-state index contributed by atoms with van der Waals surface area (Å²) in [4.78, 5) is 1.92. The van der Waals surface area contributed by atoms with Gasteiger partial charge in [0.1, 0.15) is 5.82 Å². The summed E-state index contributed by atoms with van der Waals surface area (Å²) in [6.45, 7) is 2.51. The Morgan fingerprint density at radius 2 is 2.06 bits per heavy atom. The van der Waals surface area contributed by atoms with Crippen LogP contribution in [0, 0.1) is 5.82 Å². The van der Waals surface area contributed by atoms with Crippen molar-refractivity contribution in [1.82, 2.24) is 4.90 Å². The van der Waals surface area contributed by atoms with E-state index in [0.717, 1.165) is 12.8 Å². The van der Waals surface area contributed by atoms with Crippen molar-refractivity contribution < 1.29 is 9.50 Å². The molecule has 0 aliphatic heterocycles. The molecular formula is C14H23FN2O. The van der Waals surface area contributed by atoms with Gasteiger partial charge in [-0.15, -0.1) is 0 Å². The Kier molecular flexibility index (Phi) is 6.25. The van der Waals surface area contributed by atoms with Crippen molar-refractivity contribution in [1.29, 1.82) is 0 Å². The minimum Gasteiger partial charge on any atom is -0.395 e. The minimum absolute atomic E-state index is 0.00782. The maximum absolute atomic E-state index is 13.5. The fraction of sp³-hybridized carbons (Fsp3) is 0.571. The van der Waals surface area contributed by atoms with Gasteiger partial charge in [0.2, 0.25) is 0 Å². The lowest BCUT2D eigenvalue weighted by molar-refractivity contribution is 0.117. The summed E-state index contributed by atoms with van der Waals surface area (Å²) in [7, 11) is 1.86. The molecular weight excluding hydrogens is 231 g/mol. The molecule has 0 aliphatic carbocycles. The van der Waals surface area contributed by atoms with E-state index in [0.29, 0.717) is 12.1 Å². The molecule has 0 aliphatic rings. The van der Waals surface area contributed by atoms with Crippen molar-refractivity contribution in [3.05, 3.63) is 35.6 Å². The summed E-state index contributed by atoms with van der Waals surface area (Å²) in [6.07, 6.45) is 1.83. The third-order valence-corrected chi connectivity index (χ3v) is 3.25. The van der Waals surface area contributed by atoms with Gasteiger partial charge in [0.05, 0.1) is 6.61 Å². The lowest BCUT2D eigenvalue weighted by Gasteiger charge is -2.31. The third kappa shape index (κ3) is 4.05. The van der Waals surface area contributed by atoms with Crippen molar-refractivity contribution in [2.75, 3.05) is 13.7 Å². The van der Waals surface area contributed by atoms with E-state index in [1.807, 2.05) is 18.0 Å². The topological polar surface area (TPSA) is 49.5 Å². The van der Waals surface area contributed by atoms with Crippen LogP contribution in [0.15, 0.2) is 24.3 Å². The van der Waals surface area contributed by atoms with Gasteiger partial charge in [-0.25, -0.2) is 4.39 Å². The van der Waals surface area contributed by atoms with Crippen LogP contribution in [-0.4, -0.2) is 35.7 Å². The van der Waals surface area contributed by atoms with Gasteiger partial charge in [0.25, 0.3) is 0 Å². The predicted octanol–water partition coefficient (Wildman–Crippen LogP) is 1.75. The van der Waals surface area contributed by atoms with E-state index in [9.17, 15) is 9.50 Å². The van der Waals surface area contributed by atoms with E-state index in [1.54, 1.807) is 12.1 Å². The Morgan fingerprint density at radius 3 is 2.61 bits per heavy atom. The monoisotopic (exact) mass is 254 g/mol. The summed E-state index contributed by atoms with van der Waals surface area (Å²) in [5.41, 5.74) is 6.66. The quantitative estimate of drug-likeness (QED) is 0.779. The molecule has 4 heteroatoms. The largest absolute Gasteiger partial charge is 0.395 e. The van der Waals surface area contributed by atoms with E-state index >= 15 is 0 Å². The Hall–Kier alpha value is -0.970. The van der Waals surface area contributed by atoms with Crippen molar-refractivity contribution in [3.63, 3.8) is 0 Å². The fourth-order valence-corrected chi connectivity index (χ4v) is 2.14. The number of benzene rings is 1. The highest BCUT2D eigenvalue weighted by Crippen LogP contribution is 2.13. The zero-order valence-corrected chi connectivity index (χ0v) is 11.1. The summed E-state index contributed by atoms with van der Waals surface area (Å²) >= 11 is 0. The molecule has 0 spiro atoms. The molecule has 3 nitrogen and oxygen atoms in total. The van der Waals surface area contributed by atoms with Crippen LogP contribution in [0.2, 0.25) is 0 Å². The molecule has 0 fully saturated rings. The summed E-state index contributed by atoms with van der Waals surface area (Å²) in [6, 6.07) is 6.47. The first-order valence-electron chi connectivity index (χ1n) is 6.40. The summed E-state index contributed by atoms with van der Waals surface area (Å²) in [5.74, 6) is -0.217. The van der Waals surface area contributed by atoms with Gasteiger partial charge < -0.3 is 10.8 Å². The molecule has 1 aromatic rings. The average molecular weight is 254 g/mol. The predicted molar refractivity (Wildman–Crippen MR) is 71.6 cm³/mol. The molecule has 0 saturated heterocycles. The van der Waals surface area contributed by atoms with E-state index < -0.39 is 0 Å². The second kappa shape index (κ2) is 7.46. The Bertz CT molecular complexity index is 359. The van der Waals surface area contributed by atoms with Gasteiger partial charge >= 0.3 is 0 Å². The van der Waals surface area contributed by atoms with E-state index in [2.05, 4.69) is 6.92 Å². The van der Waals surface area contributed by atoms with Crippen molar-refractivity contribution >= 4 is 0 Å². The maximum atomic E-state index is 13.5. The number of hydrogen-bond donors (Lipinski definition) is 2. The number of nitrogens with two attached hydrogens (primary N) is 1. The minimum atomic E-state index is -0.217. The van der Waals surface area contributed by atoms with Crippen molar-refractivity contribution in [3.8, 4) is 0 Å². The molecule has 2 unspecified atom stereocenters. The molecule has 1 aromatic carbocycles. The number of likely N-dealkylation sites (N-methyl/N-ethyl adjacent to an activating group) is 1. The van der Waals surface area contributed by atoms with Crippen LogP contribution in [0.3, 0.4) is 0 Å². The van der Waals surface area contributed by atoms with Gasteiger partial charge in [0, 0.05) is 24.2 Å². The van der Waals surface area contributed by atoms with E-state index in [4.69, 9.17) is 5.73 Å². The molecule has 0 heterocycles. The van der Waals surface area contributed by atoms with Gasteiger partial charge in [-0.05, 0) is 19.5 Å². The smallest absolute Gasteiger partial charge is 0.127 e. The average Bonchev–Trinajstić information content (AvgIpc) is 2.33. The van der Waals surface area contributed by atoms with E-state index in [-0.39, 0.29) is 24.5 Å². The first-order valence-corrected chi connectivity index (χ1v) is 6.40. The lowest BCUT2D eigenvalue weighted by atomic mass is 10.0. The number of aliphatic hydroxyl groups excluding tert-OH is 1. The fourth-order valence-electron chi connectivity index (χ4n) is 2.14. The van der Waals surface area contributed by atoms with Crippen LogP contribution in [0.1, 0.15) is 25.3 Å². The van der Waals surface area contributed by atoms with Crippen LogP contribution in [0.4, 0.5) is 4.39 Å². The number of halogens is 1. The van der Waals surface area contributed by atoms with Crippen molar-refractivity contribution in [2.24, 2.45) is 5.73 Å². The zero-order chi connectivity index (χ0) is 13.5. The number of nitrogens with zero attached hydrogens (tertiary/aromatic N) is 1. The highest BCUT2D eigenvalue weighted by atomic mass is 19.1. The maximum Gasteiger partial charge on any atom is 0.127 e. The Balaban J connectivity index is 2.68. The van der Waals surface area contributed by atoms with Gasteiger partial charge in [-0.1, -0.05) is 31.5 Å². The van der Waals surface area contributed by atoms with Gasteiger partial charge in [-0.2, -0.15) is 0 Å². The molecule has 102 valence electrons. The summed E-state index contributed by atoms with van der Waals surface area (Å²) in [5, 5.41) is 9.43. The molecule has 0 radical (unpaired) electrons. The standard InChI is InChI=1S/C14H23FN2O/c1-3-6-13(16)14(10-18)17(2)9-11-7-4-5-8-12(11)15/h4-5,7-8,13-14,18H,3,6,9-10,16H2,1-2H3. The number of hydrogen-bond acceptors (Lipinski definition) is 3. The molecule has 0 saturated carbocycles. The first-order chi connectivity index (χ1) is 8.60. The van der Waals surface area contributed by atoms with Crippen LogP contribution in [0.5, 0.6) is 0 Å². The van der Waals surface area contributed by atoms with Crippen molar-refractivity contribution in [2.45, 2.75) is 38.4 Å². The normalized spacial score (nSPS) is 14.8. The van der Waals surface area contributed by atoms with Crippen LogP contribution < -0.4 is 5.73 Å². The lowest BCUT2D eigenvalue weighted by Crippen LogP contribution is -2.48. The molecule has 2 atom stereocenters. The highest BCUT2D eigenvalue weighted by molar-refractivity contribution is 5.17. The van der Waals surface area contributed by atoms with Crippen LogP contribution in [0.25, 0.3) is 0 Å². The van der Waals surface area contributed by atoms with Gasteiger partial charge in [0.15, 0.2) is 0 Å². The number of rotatable bonds is 7. The highest BCUT2D eigenvalue weighted by Gasteiger charge is 2.21. The Morgan fingerprint density at radius 1 is 1.39 bits per heavy atom.